The molecule has 1 N–H and O–H groups in total. The standard InChI is InChI=1S/C15H20BrNOS/c1-11(13-2-4-14(16)5-3-13)17-15(18)10-12-6-8-19-9-7-12/h2-5,11-12H,6-10H2,1H3,(H,17,18). The predicted octanol–water partition coefficient (Wildman–Crippen LogP) is 4.16. The molecule has 1 atom stereocenters. The van der Waals surface area contributed by atoms with Gasteiger partial charge in [-0.05, 0) is 54.9 Å². The summed E-state index contributed by atoms with van der Waals surface area (Å²) in [6, 6.07) is 8.20. The van der Waals surface area contributed by atoms with Gasteiger partial charge in [-0.15, -0.1) is 0 Å². The lowest BCUT2D eigenvalue weighted by molar-refractivity contribution is -0.122. The average Bonchev–Trinajstić information content (AvgIpc) is 2.40. The van der Waals surface area contributed by atoms with Crippen molar-refractivity contribution in [1.29, 1.82) is 0 Å². The molecule has 0 spiro atoms. The Kier molecular flexibility index (Phi) is 5.76. The highest BCUT2D eigenvalue weighted by Gasteiger charge is 2.18. The van der Waals surface area contributed by atoms with Crippen molar-refractivity contribution in [2.24, 2.45) is 5.92 Å². The van der Waals surface area contributed by atoms with Crippen LogP contribution < -0.4 is 5.32 Å². The fourth-order valence-corrected chi connectivity index (χ4v) is 3.82. The lowest BCUT2D eigenvalue weighted by Crippen LogP contribution is -2.29. The number of thioether (sulfide) groups is 1. The van der Waals surface area contributed by atoms with Crippen molar-refractivity contribution < 1.29 is 4.79 Å². The van der Waals surface area contributed by atoms with E-state index in [2.05, 4.69) is 21.2 Å². The van der Waals surface area contributed by atoms with Crippen molar-refractivity contribution >= 4 is 33.6 Å². The molecule has 0 aliphatic carbocycles. The van der Waals surface area contributed by atoms with Crippen LogP contribution in [0.15, 0.2) is 28.7 Å². The first kappa shape index (κ1) is 14.9. The zero-order valence-electron chi connectivity index (χ0n) is 11.2. The van der Waals surface area contributed by atoms with Gasteiger partial charge in [0.05, 0.1) is 6.04 Å². The summed E-state index contributed by atoms with van der Waals surface area (Å²) < 4.78 is 1.06. The molecule has 4 heteroatoms. The topological polar surface area (TPSA) is 29.1 Å². The van der Waals surface area contributed by atoms with Gasteiger partial charge in [0, 0.05) is 10.9 Å². The third-order valence-electron chi connectivity index (χ3n) is 3.56. The zero-order chi connectivity index (χ0) is 13.7. The monoisotopic (exact) mass is 341 g/mol. The van der Waals surface area contributed by atoms with E-state index in [1.54, 1.807) is 0 Å². The Hall–Kier alpha value is -0.480. The SMILES string of the molecule is CC(NC(=O)CC1CCSCC1)c1ccc(Br)cc1. The van der Waals surface area contributed by atoms with E-state index in [9.17, 15) is 4.79 Å². The van der Waals surface area contributed by atoms with Crippen LogP contribution in [0, 0.1) is 5.92 Å². The van der Waals surface area contributed by atoms with E-state index in [-0.39, 0.29) is 11.9 Å². The molecule has 1 fully saturated rings. The Balaban J connectivity index is 1.82. The van der Waals surface area contributed by atoms with E-state index in [4.69, 9.17) is 0 Å². The van der Waals surface area contributed by atoms with Crippen molar-refractivity contribution in [3.05, 3.63) is 34.3 Å². The van der Waals surface area contributed by atoms with Crippen LogP contribution in [0.2, 0.25) is 0 Å². The Bertz CT molecular complexity index is 415. The summed E-state index contributed by atoms with van der Waals surface area (Å²) in [7, 11) is 0. The van der Waals surface area contributed by atoms with Crippen molar-refractivity contribution in [1.82, 2.24) is 5.32 Å². The fraction of sp³-hybridized carbons (Fsp3) is 0.533. The van der Waals surface area contributed by atoms with Gasteiger partial charge < -0.3 is 5.32 Å². The number of rotatable bonds is 4. The lowest BCUT2D eigenvalue weighted by atomic mass is 9.98. The molecule has 0 aromatic heterocycles. The molecular formula is C15H20BrNOS. The minimum atomic E-state index is 0.0820. The highest BCUT2D eigenvalue weighted by atomic mass is 79.9. The largest absolute Gasteiger partial charge is 0.350 e. The van der Waals surface area contributed by atoms with Crippen LogP contribution in [0.1, 0.15) is 37.8 Å². The van der Waals surface area contributed by atoms with Crippen molar-refractivity contribution in [3.63, 3.8) is 0 Å². The molecule has 1 aliphatic heterocycles. The highest BCUT2D eigenvalue weighted by molar-refractivity contribution is 9.10. The fourth-order valence-electron chi connectivity index (χ4n) is 2.35. The van der Waals surface area contributed by atoms with E-state index in [0.29, 0.717) is 12.3 Å². The molecule has 2 rings (SSSR count). The molecule has 0 saturated carbocycles. The lowest BCUT2D eigenvalue weighted by Gasteiger charge is -2.22. The quantitative estimate of drug-likeness (QED) is 0.890. The smallest absolute Gasteiger partial charge is 0.220 e. The van der Waals surface area contributed by atoms with Crippen LogP contribution in [0.5, 0.6) is 0 Å². The molecular weight excluding hydrogens is 322 g/mol. The summed E-state index contributed by atoms with van der Waals surface area (Å²) in [5, 5.41) is 3.10. The molecule has 1 aliphatic rings. The Morgan fingerprint density at radius 3 is 2.63 bits per heavy atom. The Morgan fingerprint density at radius 2 is 2.00 bits per heavy atom. The first-order valence-corrected chi connectivity index (χ1v) is 8.72. The summed E-state index contributed by atoms with van der Waals surface area (Å²) in [4.78, 5) is 12.0. The van der Waals surface area contributed by atoms with E-state index in [1.807, 2.05) is 43.0 Å². The summed E-state index contributed by atoms with van der Waals surface area (Å²) >= 11 is 5.42. The van der Waals surface area contributed by atoms with Gasteiger partial charge in [0.2, 0.25) is 5.91 Å². The molecule has 1 amide bonds. The van der Waals surface area contributed by atoms with E-state index in [1.165, 1.54) is 24.3 Å². The Morgan fingerprint density at radius 1 is 1.37 bits per heavy atom. The first-order valence-electron chi connectivity index (χ1n) is 6.77. The highest BCUT2D eigenvalue weighted by Crippen LogP contribution is 2.25. The number of hydrogen-bond acceptors (Lipinski definition) is 2. The summed E-state index contributed by atoms with van der Waals surface area (Å²) in [6.45, 7) is 2.04. The minimum absolute atomic E-state index is 0.0820. The average molecular weight is 342 g/mol. The third-order valence-corrected chi connectivity index (χ3v) is 5.14. The number of carbonyl (C=O) groups is 1. The first-order chi connectivity index (χ1) is 9.15. The van der Waals surface area contributed by atoms with Gasteiger partial charge in [-0.3, -0.25) is 4.79 Å². The van der Waals surface area contributed by atoms with Gasteiger partial charge in [-0.25, -0.2) is 0 Å². The predicted molar refractivity (Wildman–Crippen MR) is 85.4 cm³/mol. The molecule has 0 radical (unpaired) electrons. The van der Waals surface area contributed by atoms with Gasteiger partial charge in [0.1, 0.15) is 0 Å². The summed E-state index contributed by atoms with van der Waals surface area (Å²) in [5.74, 6) is 3.19. The molecule has 2 nitrogen and oxygen atoms in total. The maximum Gasteiger partial charge on any atom is 0.220 e. The van der Waals surface area contributed by atoms with Crippen molar-refractivity contribution in [2.45, 2.75) is 32.2 Å². The molecule has 1 unspecified atom stereocenters. The van der Waals surface area contributed by atoms with Crippen LogP contribution in [0.4, 0.5) is 0 Å². The number of hydrogen-bond donors (Lipinski definition) is 1. The summed E-state index contributed by atoms with van der Waals surface area (Å²) in [6.07, 6.45) is 3.05. The molecule has 19 heavy (non-hydrogen) atoms. The van der Waals surface area contributed by atoms with Crippen LogP contribution in [0.3, 0.4) is 0 Å². The van der Waals surface area contributed by atoms with Gasteiger partial charge >= 0.3 is 0 Å². The van der Waals surface area contributed by atoms with E-state index >= 15 is 0 Å². The van der Waals surface area contributed by atoms with Gasteiger partial charge in [-0.2, -0.15) is 11.8 Å². The maximum atomic E-state index is 12.0. The van der Waals surface area contributed by atoms with E-state index in [0.717, 1.165) is 10.0 Å². The molecule has 1 heterocycles. The van der Waals surface area contributed by atoms with Crippen LogP contribution in [-0.2, 0) is 4.79 Å². The minimum Gasteiger partial charge on any atom is -0.350 e. The summed E-state index contributed by atoms with van der Waals surface area (Å²) in [5.41, 5.74) is 1.15. The molecule has 104 valence electrons. The second-order valence-electron chi connectivity index (χ2n) is 5.10. The van der Waals surface area contributed by atoms with Crippen LogP contribution in [-0.4, -0.2) is 17.4 Å². The third kappa shape index (κ3) is 4.84. The number of nitrogens with one attached hydrogen (secondary N) is 1. The Labute approximate surface area is 127 Å². The number of carbonyl (C=O) groups excluding carboxylic acids is 1. The number of benzene rings is 1. The molecule has 0 bridgehead atoms. The van der Waals surface area contributed by atoms with E-state index < -0.39 is 0 Å². The molecule has 1 aromatic rings. The second-order valence-corrected chi connectivity index (χ2v) is 7.24. The molecule has 1 aromatic carbocycles. The second kappa shape index (κ2) is 7.34. The van der Waals surface area contributed by atoms with Crippen molar-refractivity contribution in [2.75, 3.05) is 11.5 Å². The van der Waals surface area contributed by atoms with Crippen LogP contribution >= 0.6 is 27.7 Å². The molecule has 1 saturated heterocycles. The van der Waals surface area contributed by atoms with Gasteiger partial charge in [-0.1, -0.05) is 28.1 Å². The zero-order valence-corrected chi connectivity index (χ0v) is 13.6. The van der Waals surface area contributed by atoms with Crippen molar-refractivity contribution in [3.8, 4) is 0 Å². The normalized spacial score (nSPS) is 18.0. The van der Waals surface area contributed by atoms with Gasteiger partial charge in [0.25, 0.3) is 0 Å². The van der Waals surface area contributed by atoms with Gasteiger partial charge in [0.15, 0.2) is 0 Å². The number of halogens is 1. The maximum absolute atomic E-state index is 12.0. The number of amides is 1. The van der Waals surface area contributed by atoms with Crippen LogP contribution in [0.25, 0.3) is 0 Å².